The van der Waals surface area contributed by atoms with E-state index in [0.717, 1.165) is 5.56 Å². The fourth-order valence-corrected chi connectivity index (χ4v) is 3.22. The van der Waals surface area contributed by atoms with Gasteiger partial charge in [-0.3, -0.25) is 9.59 Å². The predicted octanol–water partition coefficient (Wildman–Crippen LogP) is 5.30. The zero-order valence-corrected chi connectivity index (χ0v) is 16.9. The number of anilines is 2. The molecule has 1 aliphatic carbocycles. The van der Waals surface area contributed by atoms with E-state index in [-0.39, 0.29) is 17.2 Å². The first kappa shape index (κ1) is 19.4. The van der Waals surface area contributed by atoms with Gasteiger partial charge in [0, 0.05) is 16.4 Å². The second kappa shape index (κ2) is 7.01. The molecule has 0 radical (unpaired) electrons. The molecule has 2 aromatic carbocycles. The Kier molecular flexibility index (Phi) is 5.04. The van der Waals surface area contributed by atoms with Crippen molar-refractivity contribution >= 4 is 34.8 Å². The van der Waals surface area contributed by atoms with Gasteiger partial charge in [0.1, 0.15) is 5.41 Å². The molecule has 5 heteroatoms. The summed E-state index contributed by atoms with van der Waals surface area (Å²) in [4.78, 5) is 25.5. The van der Waals surface area contributed by atoms with Crippen molar-refractivity contribution in [3.05, 3.63) is 58.6 Å². The number of carbonyl (C=O) groups excluding carboxylic acids is 2. The third-order valence-electron chi connectivity index (χ3n) is 5.06. The number of amides is 2. The van der Waals surface area contributed by atoms with Crippen LogP contribution in [0.2, 0.25) is 5.02 Å². The lowest BCUT2D eigenvalue weighted by molar-refractivity contribution is -0.131. The predicted molar refractivity (Wildman–Crippen MR) is 110 cm³/mol. The third kappa shape index (κ3) is 4.16. The van der Waals surface area contributed by atoms with Crippen LogP contribution in [0, 0.1) is 12.3 Å². The Labute approximate surface area is 165 Å². The van der Waals surface area contributed by atoms with Crippen molar-refractivity contribution in [2.24, 2.45) is 5.41 Å². The van der Waals surface area contributed by atoms with E-state index in [1.54, 1.807) is 18.2 Å². The minimum Gasteiger partial charge on any atom is -0.325 e. The van der Waals surface area contributed by atoms with E-state index in [0.29, 0.717) is 29.2 Å². The molecule has 0 unspecified atom stereocenters. The number of aryl methyl sites for hydroxylation is 1. The number of nitrogens with one attached hydrogen (secondary N) is 2. The fraction of sp³-hybridized carbons (Fsp3) is 0.364. The Bertz CT molecular complexity index is 878. The summed E-state index contributed by atoms with van der Waals surface area (Å²) < 4.78 is 0. The van der Waals surface area contributed by atoms with Crippen LogP contribution in [-0.4, -0.2) is 11.8 Å². The van der Waals surface area contributed by atoms with E-state index in [4.69, 9.17) is 11.6 Å². The zero-order valence-electron chi connectivity index (χ0n) is 16.2. The molecule has 1 fully saturated rings. The van der Waals surface area contributed by atoms with Crippen molar-refractivity contribution in [1.29, 1.82) is 0 Å². The number of hydrogen-bond donors (Lipinski definition) is 2. The molecule has 3 rings (SSSR count). The van der Waals surface area contributed by atoms with Gasteiger partial charge in [0.15, 0.2) is 0 Å². The van der Waals surface area contributed by atoms with Gasteiger partial charge in [-0.05, 0) is 66.6 Å². The first-order valence-electron chi connectivity index (χ1n) is 9.11. The van der Waals surface area contributed by atoms with E-state index in [2.05, 4.69) is 31.4 Å². The number of rotatable bonds is 4. The average molecular weight is 385 g/mol. The largest absolute Gasteiger partial charge is 0.325 e. The summed E-state index contributed by atoms with van der Waals surface area (Å²) in [6, 6.07) is 13.0. The van der Waals surface area contributed by atoms with E-state index >= 15 is 0 Å². The van der Waals surface area contributed by atoms with Crippen LogP contribution >= 0.6 is 11.6 Å². The molecule has 142 valence electrons. The minimum absolute atomic E-state index is 0.0522. The Morgan fingerprint density at radius 1 is 0.963 bits per heavy atom. The first-order chi connectivity index (χ1) is 12.6. The van der Waals surface area contributed by atoms with Gasteiger partial charge in [0.05, 0.1) is 0 Å². The van der Waals surface area contributed by atoms with Crippen LogP contribution < -0.4 is 10.6 Å². The number of carbonyl (C=O) groups is 2. The van der Waals surface area contributed by atoms with Gasteiger partial charge in [0.25, 0.3) is 0 Å². The maximum absolute atomic E-state index is 12.8. The summed E-state index contributed by atoms with van der Waals surface area (Å²) in [6.07, 6.45) is 1.11. The molecule has 0 saturated heterocycles. The molecule has 27 heavy (non-hydrogen) atoms. The number of benzene rings is 2. The molecule has 4 nitrogen and oxygen atoms in total. The van der Waals surface area contributed by atoms with Crippen LogP contribution in [0.3, 0.4) is 0 Å². The van der Waals surface area contributed by atoms with Crippen molar-refractivity contribution in [3.8, 4) is 0 Å². The maximum atomic E-state index is 12.8. The lowest BCUT2D eigenvalue weighted by atomic mass is 9.87. The molecule has 2 N–H and O–H groups in total. The van der Waals surface area contributed by atoms with Crippen molar-refractivity contribution in [2.75, 3.05) is 10.6 Å². The molecule has 0 aliphatic heterocycles. The van der Waals surface area contributed by atoms with Gasteiger partial charge < -0.3 is 10.6 Å². The van der Waals surface area contributed by atoms with Crippen LogP contribution in [0.5, 0.6) is 0 Å². The smallest absolute Gasteiger partial charge is 0.240 e. The fourth-order valence-electron chi connectivity index (χ4n) is 3.00. The highest BCUT2D eigenvalue weighted by Gasteiger charge is 2.56. The zero-order chi connectivity index (χ0) is 19.8. The Hall–Kier alpha value is -2.33. The van der Waals surface area contributed by atoms with Crippen LogP contribution in [0.1, 0.15) is 44.7 Å². The summed E-state index contributed by atoms with van der Waals surface area (Å²) in [5.41, 5.74) is 2.50. The average Bonchev–Trinajstić information content (AvgIpc) is 3.39. The molecule has 0 atom stereocenters. The molecule has 1 saturated carbocycles. The monoisotopic (exact) mass is 384 g/mol. The van der Waals surface area contributed by atoms with Crippen molar-refractivity contribution in [2.45, 2.75) is 46.0 Å². The number of hydrogen-bond acceptors (Lipinski definition) is 2. The van der Waals surface area contributed by atoms with E-state index in [1.165, 1.54) is 5.56 Å². The van der Waals surface area contributed by atoms with Crippen molar-refractivity contribution < 1.29 is 9.59 Å². The summed E-state index contributed by atoms with van der Waals surface area (Å²) in [6.45, 7) is 8.30. The van der Waals surface area contributed by atoms with Crippen LogP contribution in [0.15, 0.2) is 42.5 Å². The normalized spacial score (nSPS) is 15.1. The standard InChI is InChI=1S/C22H25ClN2O2/c1-14-13-16(23)7-10-18(14)25-20(27)22(11-12-22)19(26)24-17-8-5-15(6-9-17)21(2,3)4/h5-10,13H,11-12H2,1-4H3,(H,24,26)(H,25,27). The molecule has 0 bridgehead atoms. The summed E-state index contributed by atoms with van der Waals surface area (Å²) >= 11 is 5.96. The maximum Gasteiger partial charge on any atom is 0.240 e. The van der Waals surface area contributed by atoms with Crippen molar-refractivity contribution in [1.82, 2.24) is 0 Å². The highest BCUT2D eigenvalue weighted by Crippen LogP contribution is 2.47. The second-order valence-corrected chi connectivity index (χ2v) is 8.71. The Morgan fingerprint density at radius 2 is 1.56 bits per heavy atom. The van der Waals surface area contributed by atoms with E-state index in [1.807, 2.05) is 31.2 Å². The molecule has 0 heterocycles. The Balaban J connectivity index is 1.69. The third-order valence-corrected chi connectivity index (χ3v) is 5.30. The second-order valence-electron chi connectivity index (χ2n) is 8.28. The highest BCUT2D eigenvalue weighted by molar-refractivity contribution is 6.30. The molecule has 2 amide bonds. The van der Waals surface area contributed by atoms with Crippen molar-refractivity contribution in [3.63, 3.8) is 0 Å². The van der Waals surface area contributed by atoms with Gasteiger partial charge in [-0.25, -0.2) is 0 Å². The van der Waals surface area contributed by atoms with Gasteiger partial charge in [-0.2, -0.15) is 0 Å². The molecule has 0 aromatic heterocycles. The summed E-state index contributed by atoms with van der Waals surface area (Å²) in [7, 11) is 0. The minimum atomic E-state index is -0.991. The molecule has 2 aromatic rings. The van der Waals surface area contributed by atoms with Gasteiger partial charge in [-0.15, -0.1) is 0 Å². The topological polar surface area (TPSA) is 58.2 Å². The van der Waals surface area contributed by atoms with Crippen LogP contribution in [-0.2, 0) is 15.0 Å². The van der Waals surface area contributed by atoms with Gasteiger partial charge in [-0.1, -0.05) is 44.5 Å². The van der Waals surface area contributed by atoms with Crippen LogP contribution in [0.4, 0.5) is 11.4 Å². The van der Waals surface area contributed by atoms with Gasteiger partial charge in [0.2, 0.25) is 11.8 Å². The van der Waals surface area contributed by atoms with E-state index < -0.39 is 5.41 Å². The Morgan fingerprint density at radius 3 is 2.07 bits per heavy atom. The van der Waals surface area contributed by atoms with Gasteiger partial charge >= 0.3 is 0 Å². The molecule has 1 aliphatic rings. The van der Waals surface area contributed by atoms with E-state index in [9.17, 15) is 9.59 Å². The highest BCUT2D eigenvalue weighted by atomic mass is 35.5. The molecular weight excluding hydrogens is 360 g/mol. The van der Waals surface area contributed by atoms with Crippen LogP contribution in [0.25, 0.3) is 0 Å². The molecular formula is C22H25ClN2O2. The lowest BCUT2D eigenvalue weighted by Gasteiger charge is -2.20. The number of halogens is 1. The quantitative estimate of drug-likeness (QED) is 0.702. The lowest BCUT2D eigenvalue weighted by Crippen LogP contribution is -2.35. The summed E-state index contributed by atoms with van der Waals surface area (Å²) in [5.74, 6) is -0.521. The summed E-state index contributed by atoms with van der Waals surface area (Å²) in [5, 5.41) is 6.38. The molecule has 0 spiro atoms. The SMILES string of the molecule is Cc1cc(Cl)ccc1NC(=O)C1(C(=O)Nc2ccc(C(C)(C)C)cc2)CC1. The first-order valence-corrected chi connectivity index (χ1v) is 9.49.